The van der Waals surface area contributed by atoms with Crippen LogP contribution in [0.4, 0.5) is 4.79 Å². The molecule has 136 valence electrons. The highest BCUT2D eigenvalue weighted by atomic mass is 16.2. The lowest BCUT2D eigenvalue weighted by Gasteiger charge is -2.35. The van der Waals surface area contributed by atoms with E-state index in [9.17, 15) is 9.59 Å². The smallest absolute Gasteiger partial charge is 0.318 e. The van der Waals surface area contributed by atoms with E-state index in [2.05, 4.69) is 17.4 Å². The van der Waals surface area contributed by atoms with Gasteiger partial charge < -0.3 is 20.9 Å². The van der Waals surface area contributed by atoms with Crippen molar-refractivity contribution in [1.29, 1.82) is 0 Å². The lowest BCUT2D eigenvalue weighted by Crippen LogP contribution is -2.50. The van der Waals surface area contributed by atoms with Crippen LogP contribution in [0.15, 0.2) is 24.3 Å². The van der Waals surface area contributed by atoms with E-state index in [0.29, 0.717) is 25.6 Å². The first kappa shape index (κ1) is 17.7. The first-order valence-electron chi connectivity index (χ1n) is 9.17. The van der Waals surface area contributed by atoms with Gasteiger partial charge in [0.15, 0.2) is 0 Å². The second-order valence-corrected chi connectivity index (χ2v) is 7.20. The lowest BCUT2D eigenvalue weighted by atomic mass is 9.92. The van der Waals surface area contributed by atoms with E-state index in [1.165, 1.54) is 11.1 Å². The molecule has 3 amide bonds. The van der Waals surface area contributed by atoms with E-state index in [4.69, 9.17) is 5.73 Å². The van der Waals surface area contributed by atoms with Crippen molar-refractivity contribution in [3.05, 3.63) is 35.4 Å². The Morgan fingerprint density at radius 1 is 1.24 bits per heavy atom. The van der Waals surface area contributed by atoms with Gasteiger partial charge in [-0.15, -0.1) is 0 Å². The number of likely N-dealkylation sites (tertiary alicyclic amines) is 1. The molecule has 0 aliphatic carbocycles. The SMILES string of the molecule is CC(N)C1CCCN(C(=O)CNC(=O)N2CCc3ccccc3C2)C1. The Morgan fingerprint density at radius 3 is 2.76 bits per heavy atom. The Kier molecular flexibility index (Phi) is 5.58. The number of fused-ring (bicyclic) bond motifs is 1. The normalized spacial score (nSPS) is 21.4. The molecule has 0 aromatic heterocycles. The first-order valence-corrected chi connectivity index (χ1v) is 9.17. The average molecular weight is 344 g/mol. The van der Waals surface area contributed by atoms with Crippen LogP contribution in [0.2, 0.25) is 0 Å². The molecule has 1 aromatic carbocycles. The summed E-state index contributed by atoms with van der Waals surface area (Å²) in [6.07, 6.45) is 2.91. The maximum Gasteiger partial charge on any atom is 0.318 e. The Bertz CT molecular complexity index is 632. The van der Waals surface area contributed by atoms with E-state index in [1.54, 1.807) is 4.90 Å². The highest BCUT2D eigenvalue weighted by molar-refractivity contribution is 5.84. The number of rotatable bonds is 3. The maximum atomic E-state index is 12.4. The van der Waals surface area contributed by atoms with Gasteiger partial charge in [-0.1, -0.05) is 24.3 Å². The van der Waals surface area contributed by atoms with Crippen molar-refractivity contribution < 1.29 is 9.59 Å². The first-order chi connectivity index (χ1) is 12.0. The van der Waals surface area contributed by atoms with Crippen LogP contribution < -0.4 is 11.1 Å². The third-order valence-corrected chi connectivity index (χ3v) is 5.36. The molecule has 2 atom stereocenters. The van der Waals surface area contributed by atoms with Gasteiger partial charge in [0.1, 0.15) is 0 Å². The molecule has 1 aromatic rings. The predicted octanol–water partition coefficient (Wildman–Crippen LogP) is 1.34. The molecule has 3 N–H and O–H groups in total. The summed E-state index contributed by atoms with van der Waals surface area (Å²) >= 11 is 0. The van der Waals surface area contributed by atoms with Crippen LogP contribution in [0.3, 0.4) is 0 Å². The van der Waals surface area contributed by atoms with Gasteiger partial charge in [0.05, 0.1) is 6.54 Å². The Balaban J connectivity index is 1.48. The van der Waals surface area contributed by atoms with E-state index < -0.39 is 0 Å². The molecular formula is C19H28N4O2. The molecule has 6 nitrogen and oxygen atoms in total. The zero-order valence-electron chi connectivity index (χ0n) is 14.9. The Labute approximate surface area is 149 Å². The van der Waals surface area contributed by atoms with Crippen LogP contribution in [0.5, 0.6) is 0 Å². The highest BCUT2D eigenvalue weighted by Gasteiger charge is 2.26. The standard InChI is InChI=1S/C19H28N4O2/c1-14(20)16-7-4-9-22(12-16)18(24)11-21-19(25)23-10-8-15-5-2-3-6-17(15)13-23/h2-3,5-6,14,16H,4,7-13,20H2,1H3,(H,21,25). The largest absolute Gasteiger partial charge is 0.341 e. The van der Waals surface area contributed by atoms with Crippen molar-refractivity contribution in [2.45, 2.75) is 38.8 Å². The molecule has 1 fully saturated rings. The minimum atomic E-state index is -0.163. The molecule has 0 spiro atoms. The summed E-state index contributed by atoms with van der Waals surface area (Å²) < 4.78 is 0. The number of carbonyl (C=O) groups is 2. The summed E-state index contributed by atoms with van der Waals surface area (Å²) in [5.41, 5.74) is 8.46. The van der Waals surface area contributed by atoms with Gasteiger partial charge >= 0.3 is 6.03 Å². The van der Waals surface area contributed by atoms with E-state index >= 15 is 0 Å². The molecule has 0 radical (unpaired) electrons. The quantitative estimate of drug-likeness (QED) is 0.868. The van der Waals surface area contributed by atoms with Crippen molar-refractivity contribution in [2.24, 2.45) is 11.7 Å². The van der Waals surface area contributed by atoms with Gasteiger partial charge in [0, 0.05) is 32.2 Å². The van der Waals surface area contributed by atoms with Crippen molar-refractivity contribution in [2.75, 3.05) is 26.2 Å². The summed E-state index contributed by atoms with van der Waals surface area (Å²) in [7, 11) is 0. The number of nitrogens with one attached hydrogen (secondary N) is 1. The minimum Gasteiger partial charge on any atom is -0.341 e. The van der Waals surface area contributed by atoms with E-state index in [1.807, 2.05) is 24.0 Å². The van der Waals surface area contributed by atoms with Crippen molar-refractivity contribution in [3.63, 3.8) is 0 Å². The summed E-state index contributed by atoms with van der Waals surface area (Å²) in [5, 5.41) is 2.79. The van der Waals surface area contributed by atoms with Gasteiger partial charge in [-0.25, -0.2) is 4.79 Å². The number of nitrogens with zero attached hydrogens (tertiary/aromatic N) is 2. The van der Waals surface area contributed by atoms with Crippen LogP contribution in [0.25, 0.3) is 0 Å². The number of carbonyl (C=O) groups excluding carboxylic acids is 2. The number of piperidine rings is 1. The summed E-state index contributed by atoms with van der Waals surface area (Å²) in [6.45, 7) is 4.80. The van der Waals surface area contributed by atoms with Crippen LogP contribution in [0, 0.1) is 5.92 Å². The molecule has 6 heteroatoms. The van der Waals surface area contributed by atoms with Gasteiger partial charge in [0.25, 0.3) is 0 Å². The van der Waals surface area contributed by atoms with Crippen molar-refractivity contribution >= 4 is 11.9 Å². The fraction of sp³-hybridized carbons (Fsp3) is 0.579. The third kappa shape index (κ3) is 4.31. The molecule has 3 rings (SSSR count). The lowest BCUT2D eigenvalue weighted by molar-refractivity contribution is -0.132. The maximum absolute atomic E-state index is 12.4. The summed E-state index contributed by atoms with van der Waals surface area (Å²) in [5.74, 6) is 0.336. The molecule has 2 heterocycles. The van der Waals surface area contributed by atoms with Crippen LogP contribution in [-0.4, -0.2) is 54.0 Å². The third-order valence-electron chi connectivity index (χ3n) is 5.36. The summed E-state index contributed by atoms with van der Waals surface area (Å²) in [4.78, 5) is 28.4. The number of nitrogens with two attached hydrogens (primary N) is 1. The van der Waals surface area contributed by atoms with Gasteiger partial charge in [-0.2, -0.15) is 0 Å². The van der Waals surface area contributed by atoms with E-state index in [-0.39, 0.29) is 24.5 Å². The van der Waals surface area contributed by atoms with Gasteiger partial charge in [-0.05, 0) is 43.2 Å². The molecule has 2 aliphatic heterocycles. The minimum absolute atomic E-state index is 0.0175. The number of hydrogen-bond acceptors (Lipinski definition) is 3. The highest BCUT2D eigenvalue weighted by Crippen LogP contribution is 2.19. The Morgan fingerprint density at radius 2 is 2.00 bits per heavy atom. The van der Waals surface area contributed by atoms with E-state index in [0.717, 1.165) is 25.8 Å². The second-order valence-electron chi connectivity index (χ2n) is 7.20. The number of hydrogen-bond donors (Lipinski definition) is 2. The molecule has 0 saturated carbocycles. The molecule has 0 bridgehead atoms. The molecular weight excluding hydrogens is 316 g/mol. The fourth-order valence-electron chi connectivity index (χ4n) is 3.71. The average Bonchev–Trinajstić information content (AvgIpc) is 2.65. The molecule has 1 saturated heterocycles. The number of amides is 3. The molecule has 2 aliphatic rings. The number of urea groups is 1. The second kappa shape index (κ2) is 7.87. The molecule has 25 heavy (non-hydrogen) atoms. The summed E-state index contributed by atoms with van der Waals surface area (Å²) in [6, 6.07) is 8.12. The topological polar surface area (TPSA) is 78.7 Å². The van der Waals surface area contributed by atoms with Crippen LogP contribution in [0.1, 0.15) is 30.9 Å². The molecule has 2 unspecified atom stereocenters. The predicted molar refractivity (Wildman–Crippen MR) is 96.9 cm³/mol. The Hall–Kier alpha value is -2.08. The van der Waals surface area contributed by atoms with Crippen LogP contribution in [-0.2, 0) is 17.8 Å². The zero-order chi connectivity index (χ0) is 17.8. The van der Waals surface area contributed by atoms with Crippen molar-refractivity contribution in [3.8, 4) is 0 Å². The fourth-order valence-corrected chi connectivity index (χ4v) is 3.71. The monoisotopic (exact) mass is 344 g/mol. The van der Waals surface area contributed by atoms with Crippen LogP contribution >= 0.6 is 0 Å². The van der Waals surface area contributed by atoms with Gasteiger partial charge in [-0.3, -0.25) is 4.79 Å². The van der Waals surface area contributed by atoms with Crippen molar-refractivity contribution in [1.82, 2.24) is 15.1 Å². The van der Waals surface area contributed by atoms with Gasteiger partial charge in [0.2, 0.25) is 5.91 Å². The number of benzene rings is 1. The zero-order valence-corrected chi connectivity index (χ0v) is 14.9.